The first-order valence-electron chi connectivity index (χ1n) is 18.6. The number of nitrogens with one attached hydrogen (secondary N) is 4. The highest BCUT2D eigenvalue weighted by Gasteiger charge is 2.44. The largest absolute Gasteiger partial charge is 0.453 e. The van der Waals surface area contributed by atoms with E-state index in [0.29, 0.717) is 23.9 Å². The first kappa shape index (κ1) is 41.3. The molecule has 4 N–H and O–H groups in total. The molecule has 0 radical (unpaired) electrons. The van der Waals surface area contributed by atoms with Gasteiger partial charge in [0.1, 0.15) is 30.3 Å². The number of benzene rings is 2. The molecule has 0 unspecified atom stereocenters. The van der Waals surface area contributed by atoms with Crippen molar-refractivity contribution in [1.29, 1.82) is 0 Å². The molecule has 0 bridgehead atoms. The Morgan fingerprint density at radius 1 is 0.845 bits per heavy atom. The molecule has 306 valence electrons. The second-order valence-corrected chi connectivity index (χ2v) is 14.3. The standard InChI is InChI=1S/C40H44F3N9O6/c1-24(2)34(49-39(56)58-4)37(54)52-23-50(22-40(41,42)43)21-32(52)36-45-19-30(48-36)28-15-11-26(12-16-28)8-7-25-9-13-27(14-10-25)29-18-44-35(47-29)31-6-5-17-51(31)33(53)20-46-38(55)57-3/h9-16,18-19,24,31-32,34H,5-6,17,20-23H2,1-4H3,(H,44,47)(H,45,48)(H,46,55)(H,49,56)/t31-,32-,34-/m0/s1. The van der Waals surface area contributed by atoms with Crippen molar-refractivity contribution in [1.82, 2.24) is 45.3 Å². The Morgan fingerprint density at radius 2 is 1.40 bits per heavy atom. The summed E-state index contributed by atoms with van der Waals surface area (Å²) in [6.07, 6.45) is -1.09. The number of alkyl halides is 3. The maximum Gasteiger partial charge on any atom is 0.407 e. The van der Waals surface area contributed by atoms with Crippen LogP contribution in [0.2, 0.25) is 0 Å². The average molecular weight is 804 g/mol. The number of alkyl carbamates (subject to hydrolysis) is 2. The molecule has 4 amide bonds. The van der Waals surface area contributed by atoms with Gasteiger partial charge in [0, 0.05) is 24.2 Å². The van der Waals surface area contributed by atoms with E-state index in [1.54, 1.807) is 31.1 Å². The number of carbonyl (C=O) groups is 4. The number of hydrogen-bond donors (Lipinski definition) is 4. The van der Waals surface area contributed by atoms with Crippen LogP contribution >= 0.6 is 0 Å². The minimum absolute atomic E-state index is 0.111. The van der Waals surface area contributed by atoms with Crippen molar-refractivity contribution >= 4 is 24.0 Å². The number of nitrogens with zero attached hydrogens (tertiary/aromatic N) is 5. The van der Waals surface area contributed by atoms with Crippen molar-refractivity contribution in [2.24, 2.45) is 5.92 Å². The van der Waals surface area contributed by atoms with Crippen LogP contribution < -0.4 is 10.6 Å². The maximum absolute atomic E-state index is 13.7. The van der Waals surface area contributed by atoms with Crippen LogP contribution in [-0.2, 0) is 19.1 Å². The third-order valence-corrected chi connectivity index (χ3v) is 9.94. The molecule has 2 aliphatic heterocycles. The second-order valence-electron chi connectivity index (χ2n) is 14.3. The molecule has 4 aromatic rings. The number of methoxy groups -OCH3 is 2. The zero-order chi connectivity index (χ0) is 41.6. The Morgan fingerprint density at radius 3 is 1.91 bits per heavy atom. The predicted molar refractivity (Wildman–Crippen MR) is 204 cm³/mol. The Balaban J connectivity index is 1.10. The highest BCUT2D eigenvalue weighted by molar-refractivity contribution is 5.86. The molecule has 6 rings (SSSR count). The molecule has 4 heterocycles. The van der Waals surface area contributed by atoms with Gasteiger partial charge in [0.05, 0.1) is 57.3 Å². The van der Waals surface area contributed by atoms with E-state index >= 15 is 0 Å². The highest BCUT2D eigenvalue weighted by atomic mass is 19.4. The third kappa shape index (κ3) is 9.95. The second kappa shape index (κ2) is 17.8. The molecule has 58 heavy (non-hydrogen) atoms. The molecule has 2 fully saturated rings. The van der Waals surface area contributed by atoms with Crippen molar-refractivity contribution in [2.75, 3.05) is 47.1 Å². The molecular weight excluding hydrogens is 759 g/mol. The number of ether oxygens (including phenoxy) is 2. The summed E-state index contributed by atoms with van der Waals surface area (Å²) in [5, 5.41) is 4.94. The lowest BCUT2D eigenvalue weighted by atomic mass is 10.0. The SMILES string of the molecule is COC(=O)NCC(=O)N1CCC[C@H]1c1ncc(-c2ccc(C#Cc3ccc(-c4cnc([C@@H]5CN(CC(F)(F)F)CN5C(=O)[C@@H](NC(=O)OC)C(C)C)[nH]4)cc3)cc2)[nH]1. The summed E-state index contributed by atoms with van der Waals surface area (Å²) in [6.45, 7) is 2.24. The van der Waals surface area contributed by atoms with Crippen molar-refractivity contribution in [3.63, 3.8) is 0 Å². The van der Waals surface area contributed by atoms with Crippen molar-refractivity contribution in [3.8, 4) is 34.4 Å². The topological polar surface area (TPSA) is 178 Å². The Kier molecular flexibility index (Phi) is 12.7. The minimum atomic E-state index is -4.48. The summed E-state index contributed by atoms with van der Waals surface area (Å²) in [5.41, 5.74) is 4.58. The van der Waals surface area contributed by atoms with Crippen LogP contribution in [0.5, 0.6) is 0 Å². The number of hydrogen-bond acceptors (Lipinski definition) is 9. The molecule has 2 aliphatic rings. The van der Waals surface area contributed by atoms with Crippen molar-refractivity contribution in [2.45, 2.75) is 51.0 Å². The fourth-order valence-corrected chi connectivity index (χ4v) is 7.01. The van der Waals surface area contributed by atoms with Gasteiger partial charge in [-0.2, -0.15) is 13.2 Å². The summed E-state index contributed by atoms with van der Waals surface area (Å²) in [7, 11) is 2.41. The van der Waals surface area contributed by atoms with Gasteiger partial charge in [-0.3, -0.25) is 14.5 Å². The van der Waals surface area contributed by atoms with Gasteiger partial charge in [0.15, 0.2) is 0 Å². The fraction of sp³-hybridized carbons (Fsp3) is 0.400. The monoisotopic (exact) mass is 803 g/mol. The van der Waals surface area contributed by atoms with Crippen molar-refractivity contribution < 1.29 is 41.8 Å². The maximum atomic E-state index is 13.7. The van der Waals surface area contributed by atoms with Crippen LogP contribution in [-0.4, -0.2) is 118 Å². The van der Waals surface area contributed by atoms with Gasteiger partial charge in [-0.05, 0) is 54.2 Å². The van der Waals surface area contributed by atoms with E-state index < -0.39 is 42.9 Å². The van der Waals surface area contributed by atoms with Gasteiger partial charge in [0.2, 0.25) is 11.8 Å². The van der Waals surface area contributed by atoms with Gasteiger partial charge < -0.3 is 39.9 Å². The lowest BCUT2D eigenvalue weighted by molar-refractivity contribution is -0.148. The number of imidazole rings is 2. The van der Waals surface area contributed by atoms with E-state index in [2.05, 4.69) is 51.9 Å². The Labute approximate surface area is 332 Å². The van der Waals surface area contributed by atoms with E-state index in [1.807, 2.05) is 48.5 Å². The molecule has 3 atom stereocenters. The molecule has 15 nitrogen and oxygen atoms in total. The van der Waals surface area contributed by atoms with Crippen LogP contribution in [0.3, 0.4) is 0 Å². The van der Waals surface area contributed by atoms with E-state index in [4.69, 9.17) is 0 Å². The molecule has 0 spiro atoms. The number of rotatable bonds is 10. The van der Waals surface area contributed by atoms with Crippen molar-refractivity contribution in [3.05, 3.63) is 83.7 Å². The lowest BCUT2D eigenvalue weighted by Gasteiger charge is -2.29. The number of aromatic amines is 2. The van der Waals surface area contributed by atoms with Gasteiger partial charge in [-0.25, -0.2) is 19.6 Å². The zero-order valence-electron chi connectivity index (χ0n) is 32.4. The highest BCUT2D eigenvalue weighted by Crippen LogP contribution is 2.33. The van der Waals surface area contributed by atoms with E-state index in [-0.39, 0.29) is 37.6 Å². The fourth-order valence-electron chi connectivity index (χ4n) is 7.01. The summed E-state index contributed by atoms with van der Waals surface area (Å²) < 4.78 is 49.4. The van der Waals surface area contributed by atoms with Crippen LogP contribution in [0.15, 0.2) is 60.9 Å². The van der Waals surface area contributed by atoms with E-state index in [1.165, 1.54) is 12.0 Å². The summed E-state index contributed by atoms with van der Waals surface area (Å²) >= 11 is 0. The Hall–Kier alpha value is -6.35. The summed E-state index contributed by atoms with van der Waals surface area (Å²) in [4.78, 5) is 69.5. The van der Waals surface area contributed by atoms with Crippen LogP contribution in [0.1, 0.15) is 61.5 Å². The molecule has 2 aromatic carbocycles. The molecule has 0 saturated carbocycles. The Bertz CT molecular complexity index is 2160. The van der Waals surface area contributed by atoms with Gasteiger partial charge in [0.25, 0.3) is 0 Å². The molecule has 18 heteroatoms. The van der Waals surface area contributed by atoms with Gasteiger partial charge >= 0.3 is 18.4 Å². The molecular formula is C40H44F3N9O6. The number of likely N-dealkylation sites (tertiary alicyclic amines) is 1. The first-order valence-corrected chi connectivity index (χ1v) is 18.6. The predicted octanol–water partition coefficient (Wildman–Crippen LogP) is 4.97. The quantitative estimate of drug-likeness (QED) is 0.161. The van der Waals surface area contributed by atoms with E-state index in [0.717, 1.165) is 52.8 Å². The number of halogens is 3. The molecule has 0 aliphatic carbocycles. The number of carbonyl (C=O) groups excluding carboxylic acids is 4. The average Bonchev–Trinajstić information content (AvgIpc) is 4.04. The van der Waals surface area contributed by atoms with Gasteiger partial charge in [-0.15, -0.1) is 0 Å². The van der Waals surface area contributed by atoms with E-state index in [9.17, 15) is 32.3 Å². The lowest BCUT2D eigenvalue weighted by Crippen LogP contribution is -2.51. The zero-order valence-corrected chi connectivity index (χ0v) is 32.4. The van der Waals surface area contributed by atoms with Gasteiger partial charge in [-0.1, -0.05) is 50.0 Å². The van der Waals surface area contributed by atoms with Crippen LogP contribution in [0, 0.1) is 17.8 Å². The normalized spacial score (nSPS) is 17.4. The first-order chi connectivity index (χ1) is 27.7. The molecule has 2 saturated heterocycles. The summed E-state index contributed by atoms with van der Waals surface area (Å²) in [5.74, 6) is 6.18. The number of H-pyrrole nitrogens is 2. The number of amides is 4. The summed E-state index contributed by atoms with van der Waals surface area (Å²) in [6, 6.07) is 13.0. The van der Waals surface area contributed by atoms with Crippen LogP contribution in [0.25, 0.3) is 22.5 Å². The third-order valence-electron chi connectivity index (χ3n) is 9.94. The minimum Gasteiger partial charge on any atom is -0.453 e. The van der Waals surface area contributed by atoms with Crippen LogP contribution in [0.4, 0.5) is 22.8 Å². The smallest absolute Gasteiger partial charge is 0.407 e. The molecule has 2 aromatic heterocycles. The number of aromatic nitrogens is 4.